The molecule has 0 bridgehead atoms. The Balaban J connectivity index is 3.85. The third kappa shape index (κ3) is 9.75. The van der Waals surface area contributed by atoms with E-state index in [9.17, 15) is 0 Å². The molecule has 0 heterocycles. The minimum atomic E-state index is -1.37. The summed E-state index contributed by atoms with van der Waals surface area (Å²) in [6, 6.07) is 0. The van der Waals surface area contributed by atoms with Crippen molar-refractivity contribution >= 4 is 40.2 Å². The molecule has 0 aromatic heterocycles. The Kier molecular flexibility index (Phi) is 8.45. The Morgan fingerprint density at radius 1 is 1.13 bits per heavy atom. The molecule has 5 heteroatoms. The van der Waals surface area contributed by atoms with Crippen LogP contribution < -0.4 is 0 Å². The summed E-state index contributed by atoms with van der Waals surface area (Å²) < 4.78 is 13.3. The first-order valence-corrected chi connectivity index (χ1v) is 10.1. The highest BCUT2D eigenvalue weighted by Gasteiger charge is 2.13. The molecule has 2 nitrogen and oxygen atoms in total. The highest BCUT2D eigenvalue weighted by Crippen LogP contribution is 2.22. The van der Waals surface area contributed by atoms with E-state index in [1.807, 2.05) is 6.92 Å². The smallest absolute Gasteiger partial charge is 0.183 e. The highest BCUT2D eigenvalue weighted by atomic mass is 79.9. The second-order valence-electron chi connectivity index (χ2n) is 4.16. The standard InChI is InChI=1S/C10H20Br2O2Si/c1-5-13-8-10(12)9(11)6-7-14-15(2,3)4/h5-8H2,1-4H3. The van der Waals surface area contributed by atoms with Crippen LogP contribution in [0.3, 0.4) is 0 Å². The molecular weight excluding hydrogens is 340 g/mol. The first-order valence-electron chi connectivity index (χ1n) is 5.11. The normalized spacial score (nSPS) is 14.0. The summed E-state index contributed by atoms with van der Waals surface area (Å²) in [6.07, 6.45) is 0.901. The predicted octanol–water partition coefficient (Wildman–Crippen LogP) is 4.27. The Bertz CT molecular complexity index is 212. The predicted molar refractivity (Wildman–Crippen MR) is 75.3 cm³/mol. The van der Waals surface area contributed by atoms with Gasteiger partial charge < -0.3 is 9.16 Å². The minimum Gasteiger partial charge on any atom is -0.417 e. The lowest BCUT2D eigenvalue weighted by molar-refractivity contribution is 0.175. The number of halogens is 2. The van der Waals surface area contributed by atoms with Crippen molar-refractivity contribution in [3.8, 4) is 0 Å². The maximum absolute atomic E-state index is 5.77. The van der Waals surface area contributed by atoms with Gasteiger partial charge in [0, 0.05) is 28.6 Å². The van der Waals surface area contributed by atoms with Crippen molar-refractivity contribution < 1.29 is 9.16 Å². The number of hydrogen-bond donors (Lipinski definition) is 0. The first-order chi connectivity index (χ1) is 6.87. The van der Waals surface area contributed by atoms with Crippen LogP contribution in [-0.2, 0) is 9.16 Å². The molecule has 0 N–H and O–H groups in total. The molecule has 0 spiro atoms. The van der Waals surface area contributed by atoms with Gasteiger partial charge in [-0.1, -0.05) is 31.9 Å². The summed E-state index contributed by atoms with van der Waals surface area (Å²) in [5.74, 6) is 0. The molecule has 0 atom stereocenters. The lowest BCUT2D eigenvalue weighted by Crippen LogP contribution is -2.25. The van der Waals surface area contributed by atoms with Gasteiger partial charge >= 0.3 is 0 Å². The SMILES string of the molecule is CCOCC(Br)=C(Br)CCO[Si](C)(C)C. The van der Waals surface area contributed by atoms with Crippen LogP contribution in [0, 0.1) is 0 Å². The molecule has 0 saturated heterocycles. The van der Waals surface area contributed by atoms with E-state index >= 15 is 0 Å². The van der Waals surface area contributed by atoms with Crippen molar-refractivity contribution in [1.82, 2.24) is 0 Å². The second-order valence-corrected chi connectivity index (χ2v) is 10.6. The van der Waals surface area contributed by atoms with Crippen LogP contribution >= 0.6 is 31.9 Å². The van der Waals surface area contributed by atoms with E-state index in [1.165, 1.54) is 0 Å². The van der Waals surface area contributed by atoms with Crippen LogP contribution in [0.15, 0.2) is 8.96 Å². The van der Waals surface area contributed by atoms with Crippen molar-refractivity contribution in [2.24, 2.45) is 0 Å². The van der Waals surface area contributed by atoms with E-state index in [4.69, 9.17) is 9.16 Å². The Morgan fingerprint density at radius 3 is 2.20 bits per heavy atom. The number of hydrogen-bond acceptors (Lipinski definition) is 2. The zero-order chi connectivity index (χ0) is 11.9. The second kappa shape index (κ2) is 8.01. The Hall–Kier alpha value is 0.837. The molecule has 0 amide bonds. The molecule has 0 saturated carbocycles. The molecule has 0 radical (unpaired) electrons. The van der Waals surface area contributed by atoms with Gasteiger partial charge in [0.2, 0.25) is 0 Å². The van der Waals surface area contributed by atoms with Gasteiger partial charge in [-0.3, -0.25) is 0 Å². The van der Waals surface area contributed by atoms with Gasteiger partial charge in [0.25, 0.3) is 0 Å². The van der Waals surface area contributed by atoms with Crippen LogP contribution in [0.25, 0.3) is 0 Å². The van der Waals surface area contributed by atoms with Gasteiger partial charge in [0.15, 0.2) is 8.32 Å². The third-order valence-corrected chi connectivity index (χ3v) is 4.77. The van der Waals surface area contributed by atoms with Crippen LogP contribution in [0.5, 0.6) is 0 Å². The van der Waals surface area contributed by atoms with Gasteiger partial charge in [-0.2, -0.15) is 0 Å². The summed E-state index contributed by atoms with van der Waals surface area (Å²) in [5.41, 5.74) is 0. The first kappa shape index (κ1) is 15.8. The van der Waals surface area contributed by atoms with Crippen LogP contribution in [0.1, 0.15) is 13.3 Å². The van der Waals surface area contributed by atoms with Gasteiger partial charge in [0.05, 0.1) is 6.61 Å². The molecule has 0 unspecified atom stereocenters. The lowest BCUT2D eigenvalue weighted by Gasteiger charge is -2.17. The quantitative estimate of drug-likeness (QED) is 0.632. The minimum absolute atomic E-state index is 0.629. The lowest BCUT2D eigenvalue weighted by atomic mass is 10.4. The fourth-order valence-corrected chi connectivity index (χ4v) is 2.20. The summed E-state index contributed by atoms with van der Waals surface area (Å²) >= 11 is 7.02. The zero-order valence-electron chi connectivity index (χ0n) is 9.90. The highest BCUT2D eigenvalue weighted by molar-refractivity contribution is 9.14. The molecule has 0 fully saturated rings. The summed E-state index contributed by atoms with van der Waals surface area (Å²) in [4.78, 5) is 0. The van der Waals surface area contributed by atoms with Crippen molar-refractivity contribution in [3.05, 3.63) is 8.96 Å². The zero-order valence-corrected chi connectivity index (χ0v) is 14.1. The van der Waals surface area contributed by atoms with E-state index in [0.717, 1.165) is 28.6 Å². The molecule has 0 aromatic rings. The van der Waals surface area contributed by atoms with Gasteiger partial charge in [-0.25, -0.2) is 0 Å². The molecular formula is C10H20Br2O2Si. The topological polar surface area (TPSA) is 18.5 Å². The van der Waals surface area contributed by atoms with E-state index in [2.05, 4.69) is 51.5 Å². The van der Waals surface area contributed by atoms with Crippen molar-refractivity contribution in [2.45, 2.75) is 33.0 Å². The van der Waals surface area contributed by atoms with E-state index in [0.29, 0.717) is 6.61 Å². The average Bonchev–Trinajstić information content (AvgIpc) is 2.11. The van der Waals surface area contributed by atoms with Crippen molar-refractivity contribution in [3.63, 3.8) is 0 Å². The molecule has 15 heavy (non-hydrogen) atoms. The van der Waals surface area contributed by atoms with Crippen LogP contribution in [0.4, 0.5) is 0 Å². The van der Waals surface area contributed by atoms with E-state index < -0.39 is 8.32 Å². The largest absolute Gasteiger partial charge is 0.417 e. The molecule has 0 aliphatic rings. The molecule has 0 rings (SSSR count). The monoisotopic (exact) mass is 358 g/mol. The Morgan fingerprint density at radius 2 is 1.73 bits per heavy atom. The van der Waals surface area contributed by atoms with Gasteiger partial charge in [0.1, 0.15) is 0 Å². The van der Waals surface area contributed by atoms with Crippen molar-refractivity contribution in [2.75, 3.05) is 19.8 Å². The van der Waals surface area contributed by atoms with Gasteiger partial charge in [-0.15, -0.1) is 0 Å². The molecule has 0 aliphatic heterocycles. The van der Waals surface area contributed by atoms with Gasteiger partial charge in [-0.05, 0) is 26.6 Å². The number of rotatable bonds is 7. The van der Waals surface area contributed by atoms with E-state index in [1.54, 1.807) is 0 Å². The molecule has 0 aliphatic carbocycles. The van der Waals surface area contributed by atoms with Crippen LogP contribution in [0.2, 0.25) is 19.6 Å². The maximum Gasteiger partial charge on any atom is 0.183 e. The summed E-state index contributed by atoms with van der Waals surface area (Å²) in [7, 11) is -1.37. The van der Waals surface area contributed by atoms with E-state index in [-0.39, 0.29) is 0 Å². The molecule has 90 valence electrons. The Labute approximate surface area is 111 Å². The third-order valence-electron chi connectivity index (χ3n) is 1.58. The molecule has 0 aromatic carbocycles. The summed E-state index contributed by atoms with van der Waals surface area (Å²) in [5, 5.41) is 0. The van der Waals surface area contributed by atoms with Crippen molar-refractivity contribution in [1.29, 1.82) is 0 Å². The fourth-order valence-electron chi connectivity index (χ4n) is 0.852. The number of ether oxygens (including phenoxy) is 1. The fraction of sp³-hybridized carbons (Fsp3) is 0.800. The maximum atomic E-state index is 5.77. The van der Waals surface area contributed by atoms with Crippen LogP contribution in [-0.4, -0.2) is 28.1 Å². The summed E-state index contributed by atoms with van der Waals surface area (Å²) in [6.45, 7) is 10.7. The average molecular weight is 360 g/mol.